The Morgan fingerprint density at radius 2 is 1.70 bits per heavy atom. The number of anilines is 1. The van der Waals surface area contributed by atoms with Crippen LogP contribution in [0.4, 0.5) is 10.1 Å². The van der Waals surface area contributed by atoms with Crippen LogP contribution in [0.2, 0.25) is 0 Å². The summed E-state index contributed by atoms with van der Waals surface area (Å²) in [5.41, 5.74) is 3.60. The molecule has 0 radical (unpaired) electrons. The molecule has 1 N–H and O–H groups in total. The van der Waals surface area contributed by atoms with Crippen molar-refractivity contribution in [2.75, 3.05) is 5.32 Å². The summed E-state index contributed by atoms with van der Waals surface area (Å²) < 4.78 is 14.2. The highest BCUT2D eigenvalue weighted by Crippen LogP contribution is 2.40. The van der Waals surface area contributed by atoms with E-state index in [2.05, 4.69) is 11.9 Å². The zero-order valence-corrected chi connectivity index (χ0v) is 22.7. The lowest BCUT2D eigenvalue weighted by Gasteiger charge is -2.50. The number of aryl methyl sites for hydroxylation is 2. The first-order valence-electron chi connectivity index (χ1n) is 12.8. The van der Waals surface area contributed by atoms with Gasteiger partial charge in [-0.3, -0.25) is 4.79 Å². The number of nitrogens with one attached hydrogen (secondary N) is 1. The van der Waals surface area contributed by atoms with Crippen molar-refractivity contribution in [2.24, 2.45) is 5.92 Å². The molecule has 4 atom stereocenters. The van der Waals surface area contributed by atoms with Gasteiger partial charge in [0.25, 0.3) is 0 Å². The molecule has 37 heavy (non-hydrogen) atoms. The number of carbonyl (C=O) groups excluding carboxylic acids is 2. The van der Waals surface area contributed by atoms with Crippen molar-refractivity contribution in [1.82, 2.24) is 4.90 Å². The minimum absolute atomic E-state index is 0.141. The number of hydrogen-bond donors (Lipinski definition) is 1. The number of rotatable bonds is 10. The molecule has 1 fully saturated rings. The van der Waals surface area contributed by atoms with Gasteiger partial charge in [0.15, 0.2) is 0 Å². The van der Waals surface area contributed by atoms with Gasteiger partial charge < -0.3 is 15.0 Å². The summed E-state index contributed by atoms with van der Waals surface area (Å²) in [6.45, 7) is 15.8. The number of aldehydes is 1. The van der Waals surface area contributed by atoms with Crippen molar-refractivity contribution in [2.45, 2.75) is 59.5 Å². The number of amides is 1. The zero-order valence-electron chi connectivity index (χ0n) is 22.7. The predicted octanol–water partition coefficient (Wildman–Crippen LogP) is 7.28. The van der Waals surface area contributed by atoms with E-state index in [1.807, 2.05) is 95.3 Å². The van der Waals surface area contributed by atoms with E-state index in [-0.39, 0.29) is 17.6 Å². The molecule has 196 valence electrons. The second-order valence-electron chi connectivity index (χ2n) is 8.97. The minimum Gasteiger partial charge on any atom is -0.358 e. The Morgan fingerprint density at radius 1 is 1.05 bits per heavy atom. The van der Waals surface area contributed by atoms with Crippen molar-refractivity contribution < 1.29 is 14.0 Å². The molecule has 0 bridgehead atoms. The fourth-order valence-electron chi connectivity index (χ4n) is 4.36. The van der Waals surface area contributed by atoms with E-state index in [1.165, 1.54) is 6.07 Å². The number of allylic oxidation sites excluding steroid dienone is 5. The number of β-lactam (4-membered cyclic amide) rings is 1. The first-order valence-corrected chi connectivity index (χ1v) is 12.8. The van der Waals surface area contributed by atoms with Crippen LogP contribution in [0.25, 0.3) is 0 Å². The zero-order chi connectivity index (χ0) is 27.5. The van der Waals surface area contributed by atoms with Crippen LogP contribution in [-0.4, -0.2) is 29.2 Å². The van der Waals surface area contributed by atoms with Gasteiger partial charge >= 0.3 is 0 Å². The number of halogens is 1. The summed E-state index contributed by atoms with van der Waals surface area (Å²) >= 11 is 0. The molecule has 0 saturated carbocycles. The Bertz CT molecular complexity index is 1160. The van der Waals surface area contributed by atoms with E-state index in [1.54, 1.807) is 24.0 Å². The van der Waals surface area contributed by atoms with Crippen molar-refractivity contribution in [1.29, 1.82) is 0 Å². The van der Waals surface area contributed by atoms with Gasteiger partial charge in [0.05, 0.1) is 12.0 Å². The third kappa shape index (κ3) is 7.16. The maximum absolute atomic E-state index is 14.2. The topological polar surface area (TPSA) is 49.4 Å². The summed E-state index contributed by atoms with van der Waals surface area (Å²) in [5.74, 6) is -1.45. The molecule has 1 aliphatic heterocycles. The highest BCUT2D eigenvalue weighted by Gasteiger charge is 2.52. The number of likely N-dealkylation sites (tertiary alicyclic amines) is 1. The van der Waals surface area contributed by atoms with Gasteiger partial charge in [-0.1, -0.05) is 93.6 Å². The van der Waals surface area contributed by atoms with Gasteiger partial charge in [-0.15, -0.1) is 0 Å². The monoisotopic (exact) mass is 502 g/mol. The van der Waals surface area contributed by atoms with Crippen LogP contribution in [0.1, 0.15) is 50.3 Å². The molecule has 2 aromatic rings. The predicted molar refractivity (Wildman–Crippen MR) is 152 cm³/mol. The van der Waals surface area contributed by atoms with Gasteiger partial charge in [-0.25, -0.2) is 4.39 Å². The molecular weight excluding hydrogens is 463 g/mol. The number of carbonyl (C=O) groups is 2. The summed E-state index contributed by atoms with van der Waals surface area (Å²) in [4.78, 5) is 27.2. The summed E-state index contributed by atoms with van der Waals surface area (Å²) in [7, 11) is 0. The Morgan fingerprint density at radius 3 is 2.30 bits per heavy atom. The first-order chi connectivity index (χ1) is 17.8. The lowest BCUT2D eigenvalue weighted by atomic mass is 9.78. The highest BCUT2D eigenvalue weighted by atomic mass is 19.1. The maximum Gasteiger partial charge on any atom is 0.233 e. The fraction of sp³-hybridized carbons (Fsp3) is 0.312. The van der Waals surface area contributed by atoms with E-state index < -0.39 is 18.0 Å². The molecule has 1 amide bonds. The second-order valence-corrected chi connectivity index (χ2v) is 8.97. The molecule has 0 aromatic heterocycles. The molecule has 0 spiro atoms. The minimum atomic E-state index is -0.708. The van der Waals surface area contributed by atoms with E-state index in [0.29, 0.717) is 16.8 Å². The number of nitrogens with zero attached hydrogens (tertiary/aromatic N) is 1. The molecule has 3 rings (SSSR count). The Kier molecular flexibility index (Phi) is 11.3. The van der Waals surface area contributed by atoms with Crippen LogP contribution in [0.5, 0.6) is 0 Å². The third-order valence-corrected chi connectivity index (χ3v) is 6.33. The van der Waals surface area contributed by atoms with Crippen LogP contribution >= 0.6 is 0 Å². The Labute approximate surface area is 221 Å². The van der Waals surface area contributed by atoms with Gasteiger partial charge in [0, 0.05) is 17.3 Å². The average molecular weight is 503 g/mol. The average Bonchev–Trinajstić information content (AvgIpc) is 2.89. The standard InChI is InChI=1S/C30H33FN2O2.C2H6/c1-6-7-8-9-10-11-22(4)29(23(5)32-25-16-12-20(2)13-17-25)33-27(19-34)28(30(33)35)24-15-14-21(3)26(31)18-24;1-2/h6-19,22,27-29,32H,5H2,1-4H3;1-2H3/b7-6-,9-8-,11-10+;/t22?,27?,28-,29?;/m0./s1. The van der Waals surface area contributed by atoms with Crippen LogP contribution < -0.4 is 5.32 Å². The van der Waals surface area contributed by atoms with Crippen molar-refractivity contribution in [3.05, 3.63) is 114 Å². The smallest absolute Gasteiger partial charge is 0.233 e. The molecule has 3 unspecified atom stereocenters. The van der Waals surface area contributed by atoms with E-state index in [9.17, 15) is 14.0 Å². The highest BCUT2D eigenvalue weighted by molar-refractivity contribution is 5.98. The first kappa shape index (κ1) is 29.5. The normalized spacial score (nSPS) is 18.9. The molecule has 1 aliphatic rings. The van der Waals surface area contributed by atoms with E-state index in [0.717, 1.165) is 17.5 Å². The molecule has 2 aromatic carbocycles. The number of hydrogen-bond acceptors (Lipinski definition) is 3. The van der Waals surface area contributed by atoms with Gasteiger partial charge in [-0.05, 0) is 50.1 Å². The Balaban J connectivity index is 0.00000235. The number of benzene rings is 2. The van der Waals surface area contributed by atoms with E-state index in [4.69, 9.17) is 0 Å². The summed E-state index contributed by atoms with van der Waals surface area (Å²) in [6, 6.07) is 11.4. The molecule has 1 saturated heterocycles. The SMILES string of the molecule is C=C(Nc1ccc(C)cc1)C(C(C)/C=C/C=C\C=C/C)N1C(=O)[C@@H](c2ccc(C)c(F)c2)C1C=O.CC. The summed E-state index contributed by atoms with van der Waals surface area (Å²) in [5, 5.41) is 3.32. The van der Waals surface area contributed by atoms with E-state index >= 15 is 0 Å². The summed E-state index contributed by atoms with van der Waals surface area (Å²) in [6.07, 6.45) is 12.4. The molecule has 4 nitrogen and oxygen atoms in total. The lowest BCUT2D eigenvalue weighted by molar-refractivity contribution is -0.156. The lowest BCUT2D eigenvalue weighted by Crippen LogP contribution is -2.65. The third-order valence-electron chi connectivity index (χ3n) is 6.33. The van der Waals surface area contributed by atoms with Crippen molar-refractivity contribution in [3.63, 3.8) is 0 Å². The van der Waals surface area contributed by atoms with Gasteiger partial charge in [-0.2, -0.15) is 0 Å². The second kappa shape index (κ2) is 14.1. The van der Waals surface area contributed by atoms with Crippen LogP contribution in [0.15, 0.2) is 91.2 Å². The fourth-order valence-corrected chi connectivity index (χ4v) is 4.36. The molecule has 0 aliphatic carbocycles. The van der Waals surface area contributed by atoms with Crippen molar-refractivity contribution >= 4 is 17.9 Å². The van der Waals surface area contributed by atoms with Gasteiger partial charge in [0.2, 0.25) is 5.91 Å². The van der Waals surface area contributed by atoms with Crippen LogP contribution in [0, 0.1) is 25.6 Å². The maximum atomic E-state index is 14.2. The molecule has 5 heteroatoms. The largest absolute Gasteiger partial charge is 0.358 e. The molecule has 1 heterocycles. The van der Waals surface area contributed by atoms with Crippen LogP contribution in [-0.2, 0) is 9.59 Å². The molecular formula is C32H39FN2O2. The quantitative estimate of drug-likeness (QED) is 0.211. The van der Waals surface area contributed by atoms with Crippen LogP contribution in [0.3, 0.4) is 0 Å². The van der Waals surface area contributed by atoms with Crippen molar-refractivity contribution in [3.8, 4) is 0 Å². The Hall–Kier alpha value is -3.73. The van der Waals surface area contributed by atoms with Gasteiger partial charge in [0.1, 0.15) is 18.1 Å².